The maximum absolute atomic E-state index is 11.8. The average Bonchev–Trinajstić information content (AvgIpc) is 2.78. The fourth-order valence-electron chi connectivity index (χ4n) is 4.94. The predicted octanol–water partition coefficient (Wildman–Crippen LogP) is 2.72. The third-order valence-corrected chi connectivity index (χ3v) is 8.36. The summed E-state index contributed by atoms with van der Waals surface area (Å²) in [7, 11) is -3.34. The molecule has 2 fully saturated rings. The summed E-state index contributed by atoms with van der Waals surface area (Å²) in [5.74, 6) is 2.21. The van der Waals surface area contributed by atoms with Gasteiger partial charge in [-0.2, -0.15) is 5.26 Å². The number of halogens is 1. The van der Waals surface area contributed by atoms with Gasteiger partial charge in [0.1, 0.15) is 11.9 Å². The van der Waals surface area contributed by atoms with E-state index in [4.69, 9.17) is 11.6 Å². The highest BCUT2D eigenvalue weighted by molar-refractivity contribution is 7.90. The van der Waals surface area contributed by atoms with Gasteiger partial charge in [0, 0.05) is 37.5 Å². The molecule has 0 unspecified atom stereocenters. The SMILES string of the molecule is C[C@@H](Nc1cnc(C#N)c(N2CC([C@H]3CCCN(CCO)C3)C2)n1)c1ccc(S(C)(=O)=O)cc1Cl. The maximum Gasteiger partial charge on any atom is 0.183 e. The lowest BCUT2D eigenvalue weighted by molar-refractivity contribution is 0.101. The number of aliphatic hydroxyl groups excluding tert-OH is 1. The van der Waals surface area contributed by atoms with E-state index < -0.39 is 9.84 Å². The Balaban J connectivity index is 1.44. The highest BCUT2D eigenvalue weighted by Crippen LogP contribution is 2.35. The number of nitrogens with one attached hydrogen (secondary N) is 1. The zero-order valence-corrected chi connectivity index (χ0v) is 21.6. The molecule has 0 amide bonds. The normalized spacial score (nSPS) is 20.2. The van der Waals surface area contributed by atoms with Gasteiger partial charge >= 0.3 is 0 Å². The first-order valence-electron chi connectivity index (χ1n) is 11.8. The minimum Gasteiger partial charge on any atom is -0.395 e. The van der Waals surface area contributed by atoms with Crippen molar-refractivity contribution >= 4 is 33.1 Å². The molecule has 188 valence electrons. The molecule has 2 atom stereocenters. The summed E-state index contributed by atoms with van der Waals surface area (Å²) in [6, 6.07) is 6.58. The van der Waals surface area contributed by atoms with Gasteiger partial charge in [-0.1, -0.05) is 17.7 Å². The Labute approximate surface area is 211 Å². The van der Waals surface area contributed by atoms with Gasteiger partial charge in [-0.25, -0.2) is 18.4 Å². The predicted molar refractivity (Wildman–Crippen MR) is 135 cm³/mol. The number of anilines is 2. The number of aromatic nitrogens is 2. The highest BCUT2D eigenvalue weighted by Gasteiger charge is 2.37. The van der Waals surface area contributed by atoms with Gasteiger partial charge in [0.25, 0.3) is 0 Å². The average molecular weight is 519 g/mol. The highest BCUT2D eigenvalue weighted by atomic mass is 35.5. The van der Waals surface area contributed by atoms with Gasteiger partial charge < -0.3 is 20.2 Å². The van der Waals surface area contributed by atoms with E-state index in [1.165, 1.54) is 24.8 Å². The Morgan fingerprint density at radius 1 is 1.31 bits per heavy atom. The quantitative estimate of drug-likeness (QED) is 0.543. The first-order valence-corrected chi connectivity index (χ1v) is 14.1. The smallest absolute Gasteiger partial charge is 0.183 e. The Morgan fingerprint density at radius 2 is 2.09 bits per heavy atom. The second kappa shape index (κ2) is 10.7. The molecule has 0 aliphatic carbocycles. The van der Waals surface area contributed by atoms with Crippen LogP contribution in [0.25, 0.3) is 0 Å². The number of nitriles is 1. The summed E-state index contributed by atoms with van der Waals surface area (Å²) in [6.07, 6.45) is 5.01. The van der Waals surface area contributed by atoms with Crippen molar-refractivity contribution in [3.8, 4) is 6.07 Å². The lowest BCUT2D eigenvalue weighted by Crippen LogP contribution is -2.54. The van der Waals surface area contributed by atoms with Crippen molar-refractivity contribution in [2.75, 3.05) is 55.8 Å². The van der Waals surface area contributed by atoms with Crippen molar-refractivity contribution in [3.63, 3.8) is 0 Å². The number of hydrogen-bond donors (Lipinski definition) is 2. The number of aliphatic hydroxyl groups is 1. The Bertz CT molecular complexity index is 1210. The molecule has 0 bridgehead atoms. The lowest BCUT2D eigenvalue weighted by atomic mass is 9.80. The maximum atomic E-state index is 11.8. The summed E-state index contributed by atoms with van der Waals surface area (Å²) in [5.41, 5.74) is 1.03. The van der Waals surface area contributed by atoms with E-state index in [0.717, 1.165) is 51.0 Å². The molecule has 2 saturated heterocycles. The van der Waals surface area contributed by atoms with Crippen LogP contribution in [0, 0.1) is 23.2 Å². The number of nitrogens with zero attached hydrogens (tertiary/aromatic N) is 5. The molecule has 2 aliphatic heterocycles. The number of hydrogen-bond acceptors (Lipinski definition) is 9. The van der Waals surface area contributed by atoms with Crippen LogP contribution in [0.3, 0.4) is 0 Å². The second-order valence-electron chi connectivity index (χ2n) is 9.45. The molecule has 35 heavy (non-hydrogen) atoms. The second-order valence-corrected chi connectivity index (χ2v) is 11.9. The third-order valence-electron chi connectivity index (χ3n) is 6.93. The molecule has 2 aliphatic rings. The Hall–Kier alpha value is -2.45. The molecular weight excluding hydrogens is 488 g/mol. The van der Waals surface area contributed by atoms with Gasteiger partial charge in [-0.3, -0.25) is 0 Å². The van der Waals surface area contributed by atoms with Gasteiger partial charge in [0.15, 0.2) is 21.3 Å². The van der Waals surface area contributed by atoms with E-state index in [0.29, 0.717) is 34.2 Å². The van der Waals surface area contributed by atoms with Crippen molar-refractivity contribution < 1.29 is 13.5 Å². The van der Waals surface area contributed by atoms with Crippen LogP contribution in [0.2, 0.25) is 5.02 Å². The number of piperidine rings is 1. The summed E-state index contributed by atoms with van der Waals surface area (Å²) >= 11 is 6.37. The Kier molecular flexibility index (Phi) is 7.81. The molecule has 0 spiro atoms. The fraction of sp³-hybridized carbons (Fsp3) is 0.542. The van der Waals surface area contributed by atoms with Crippen LogP contribution in [0.5, 0.6) is 0 Å². The number of sulfone groups is 1. The monoisotopic (exact) mass is 518 g/mol. The third kappa shape index (κ3) is 5.86. The van der Waals surface area contributed by atoms with E-state index in [1.807, 2.05) is 6.92 Å². The summed E-state index contributed by atoms with van der Waals surface area (Å²) in [4.78, 5) is 13.6. The van der Waals surface area contributed by atoms with E-state index in [-0.39, 0.29) is 17.5 Å². The van der Waals surface area contributed by atoms with Crippen molar-refractivity contribution in [1.82, 2.24) is 14.9 Å². The van der Waals surface area contributed by atoms with E-state index in [2.05, 4.69) is 31.2 Å². The van der Waals surface area contributed by atoms with E-state index >= 15 is 0 Å². The fourth-order valence-corrected chi connectivity index (χ4v) is 6.00. The zero-order valence-electron chi connectivity index (χ0n) is 20.0. The van der Waals surface area contributed by atoms with Crippen LogP contribution >= 0.6 is 11.6 Å². The number of benzene rings is 1. The molecule has 1 aromatic carbocycles. The topological polar surface area (TPSA) is 122 Å². The van der Waals surface area contributed by atoms with E-state index in [9.17, 15) is 18.8 Å². The van der Waals surface area contributed by atoms with Crippen molar-refractivity contribution in [2.24, 2.45) is 11.8 Å². The first-order chi connectivity index (χ1) is 16.7. The first kappa shape index (κ1) is 25.6. The molecule has 0 radical (unpaired) electrons. The molecule has 4 rings (SSSR count). The van der Waals surface area contributed by atoms with Crippen LogP contribution in [-0.4, -0.2) is 74.0 Å². The molecule has 0 saturated carbocycles. The molecule has 2 aromatic rings. The molecule has 9 nitrogen and oxygen atoms in total. The molecule has 2 N–H and O–H groups in total. The molecule has 1 aromatic heterocycles. The number of rotatable bonds is 8. The number of β-amino-alcohol motifs (C(OH)–C–C–N with tert-alkyl or cyclic N) is 1. The van der Waals surface area contributed by atoms with Crippen LogP contribution in [0.1, 0.15) is 37.1 Å². The standard InChI is InChI=1S/C24H31ClN6O3S/c1-16(20-6-5-19(10-21(20)25)35(2,33)34)28-23-12-27-22(11-26)24(29-23)31-14-18(15-31)17-4-3-7-30(13-17)8-9-32/h5-6,10,12,16-18,32H,3-4,7-9,13-15H2,1-2H3,(H,28,29)/t16-,17+/m1/s1. The Morgan fingerprint density at radius 3 is 2.74 bits per heavy atom. The largest absolute Gasteiger partial charge is 0.395 e. The van der Waals surface area contributed by atoms with Crippen molar-refractivity contribution in [3.05, 3.63) is 40.7 Å². The van der Waals surface area contributed by atoms with Crippen molar-refractivity contribution in [2.45, 2.75) is 30.7 Å². The minimum absolute atomic E-state index is 0.170. The van der Waals surface area contributed by atoms with Crippen LogP contribution in [-0.2, 0) is 9.84 Å². The summed E-state index contributed by atoms with van der Waals surface area (Å²) in [5, 5.41) is 22.5. The van der Waals surface area contributed by atoms with Gasteiger partial charge in [-0.05, 0) is 55.8 Å². The van der Waals surface area contributed by atoms with Gasteiger partial charge in [0.05, 0.1) is 23.7 Å². The summed E-state index contributed by atoms with van der Waals surface area (Å²) < 4.78 is 23.6. The number of likely N-dealkylation sites (tertiary alicyclic amines) is 1. The molecular formula is C24H31ClN6O3S. The van der Waals surface area contributed by atoms with Gasteiger partial charge in [0.2, 0.25) is 0 Å². The van der Waals surface area contributed by atoms with E-state index in [1.54, 1.807) is 6.07 Å². The molecule has 11 heteroatoms. The van der Waals surface area contributed by atoms with Crippen molar-refractivity contribution in [1.29, 1.82) is 5.26 Å². The molecule has 3 heterocycles. The lowest BCUT2D eigenvalue weighted by Gasteiger charge is -2.47. The van der Waals surface area contributed by atoms with Gasteiger partial charge in [-0.15, -0.1) is 0 Å². The van der Waals surface area contributed by atoms with Crippen LogP contribution in [0.4, 0.5) is 11.6 Å². The van der Waals surface area contributed by atoms with Crippen LogP contribution in [0.15, 0.2) is 29.3 Å². The van der Waals surface area contributed by atoms with Crippen LogP contribution < -0.4 is 10.2 Å². The minimum atomic E-state index is -3.34. The zero-order chi connectivity index (χ0) is 25.2. The summed E-state index contributed by atoms with van der Waals surface area (Å²) in [6.45, 7) is 6.54.